The normalized spacial score (nSPS) is 26.3. The SMILES string of the molecule is CCNc1ncc(Br)c(NCC2(O)CCC(C)CC2)n1. The van der Waals surface area contributed by atoms with Crippen molar-refractivity contribution >= 4 is 27.7 Å². The highest BCUT2D eigenvalue weighted by molar-refractivity contribution is 9.10. The van der Waals surface area contributed by atoms with Gasteiger partial charge in [-0.25, -0.2) is 4.98 Å². The zero-order chi connectivity index (χ0) is 14.6. The first-order valence-electron chi connectivity index (χ1n) is 7.25. The molecule has 0 radical (unpaired) electrons. The Balaban J connectivity index is 1.97. The zero-order valence-electron chi connectivity index (χ0n) is 12.1. The van der Waals surface area contributed by atoms with E-state index < -0.39 is 5.60 Å². The van der Waals surface area contributed by atoms with Gasteiger partial charge < -0.3 is 15.7 Å². The second-order valence-electron chi connectivity index (χ2n) is 5.68. The van der Waals surface area contributed by atoms with E-state index in [1.807, 2.05) is 6.92 Å². The molecule has 6 heteroatoms. The molecule has 1 aromatic rings. The fourth-order valence-corrected chi connectivity index (χ4v) is 2.79. The third kappa shape index (κ3) is 4.06. The maximum absolute atomic E-state index is 10.6. The van der Waals surface area contributed by atoms with Crippen molar-refractivity contribution in [3.8, 4) is 0 Å². The molecule has 0 aliphatic heterocycles. The summed E-state index contributed by atoms with van der Waals surface area (Å²) in [6, 6.07) is 0. The Morgan fingerprint density at radius 1 is 1.40 bits per heavy atom. The molecule has 3 N–H and O–H groups in total. The predicted molar refractivity (Wildman–Crippen MR) is 85.0 cm³/mol. The molecule has 0 amide bonds. The summed E-state index contributed by atoms with van der Waals surface area (Å²) in [7, 11) is 0. The van der Waals surface area contributed by atoms with Gasteiger partial charge in [0, 0.05) is 19.3 Å². The number of rotatable bonds is 5. The quantitative estimate of drug-likeness (QED) is 0.767. The Bertz CT molecular complexity index is 447. The number of hydrogen-bond acceptors (Lipinski definition) is 5. The highest BCUT2D eigenvalue weighted by Gasteiger charge is 2.31. The molecule has 112 valence electrons. The molecule has 1 aliphatic rings. The molecule has 2 rings (SSSR count). The molecule has 0 atom stereocenters. The van der Waals surface area contributed by atoms with Crippen molar-refractivity contribution < 1.29 is 5.11 Å². The van der Waals surface area contributed by atoms with Gasteiger partial charge in [-0.05, 0) is 54.5 Å². The van der Waals surface area contributed by atoms with Crippen molar-refractivity contribution in [1.82, 2.24) is 9.97 Å². The summed E-state index contributed by atoms with van der Waals surface area (Å²) >= 11 is 3.44. The van der Waals surface area contributed by atoms with Crippen LogP contribution in [-0.2, 0) is 0 Å². The molecule has 0 bridgehead atoms. The van der Waals surface area contributed by atoms with Crippen molar-refractivity contribution in [1.29, 1.82) is 0 Å². The van der Waals surface area contributed by atoms with E-state index in [2.05, 4.69) is 43.5 Å². The van der Waals surface area contributed by atoms with E-state index in [-0.39, 0.29) is 0 Å². The third-order valence-electron chi connectivity index (χ3n) is 3.87. The number of aliphatic hydroxyl groups is 1. The topological polar surface area (TPSA) is 70.1 Å². The van der Waals surface area contributed by atoms with Crippen molar-refractivity contribution in [2.24, 2.45) is 5.92 Å². The van der Waals surface area contributed by atoms with Crippen LogP contribution in [0.25, 0.3) is 0 Å². The molecule has 1 heterocycles. The van der Waals surface area contributed by atoms with Crippen LogP contribution in [0.2, 0.25) is 0 Å². The summed E-state index contributed by atoms with van der Waals surface area (Å²) in [5, 5.41) is 16.9. The Morgan fingerprint density at radius 2 is 2.10 bits per heavy atom. The molecule has 1 aliphatic carbocycles. The minimum atomic E-state index is -0.616. The molecule has 20 heavy (non-hydrogen) atoms. The Labute approximate surface area is 128 Å². The lowest BCUT2D eigenvalue weighted by Gasteiger charge is -2.35. The summed E-state index contributed by atoms with van der Waals surface area (Å²) in [6.07, 6.45) is 5.60. The maximum atomic E-state index is 10.6. The molecule has 1 saturated carbocycles. The van der Waals surface area contributed by atoms with Crippen molar-refractivity contribution in [2.75, 3.05) is 23.7 Å². The van der Waals surface area contributed by atoms with E-state index >= 15 is 0 Å². The predicted octanol–water partition coefficient (Wildman–Crippen LogP) is 3.02. The van der Waals surface area contributed by atoms with Crippen LogP contribution >= 0.6 is 15.9 Å². The number of nitrogens with one attached hydrogen (secondary N) is 2. The van der Waals surface area contributed by atoms with Gasteiger partial charge >= 0.3 is 0 Å². The Kier molecular flexibility index (Phi) is 5.21. The number of anilines is 2. The molecule has 0 unspecified atom stereocenters. The van der Waals surface area contributed by atoms with Crippen LogP contribution in [0.5, 0.6) is 0 Å². The molecule has 0 saturated heterocycles. The molecule has 1 fully saturated rings. The van der Waals surface area contributed by atoms with Gasteiger partial charge in [0.2, 0.25) is 5.95 Å². The average Bonchev–Trinajstić information content (AvgIpc) is 2.43. The van der Waals surface area contributed by atoms with E-state index in [0.29, 0.717) is 12.5 Å². The van der Waals surface area contributed by atoms with Crippen molar-refractivity contribution in [3.63, 3.8) is 0 Å². The first kappa shape index (κ1) is 15.5. The van der Waals surface area contributed by atoms with Crippen LogP contribution < -0.4 is 10.6 Å². The molecule has 1 aromatic heterocycles. The molecular formula is C14H23BrN4O. The van der Waals surface area contributed by atoms with Crippen LogP contribution in [-0.4, -0.2) is 33.8 Å². The lowest BCUT2D eigenvalue weighted by molar-refractivity contribution is 0.00493. The highest BCUT2D eigenvalue weighted by Crippen LogP contribution is 2.32. The first-order chi connectivity index (χ1) is 9.52. The van der Waals surface area contributed by atoms with E-state index in [1.165, 1.54) is 0 Å². The van der Waals surface area contributed by atoms with Crippen molar-refractivity contribution in [2.45, 2.75) is 45.1 Å². The van der Waals surface area contributed by atoms with Crippen LogP contribution in [0.4, 0.5) is 11.8 Å². The van der Waals surface area contributed by atoms with Crippen LogP contribution in [0.1, 0.15) is 39.5 Å². The zero-order valence-corrected chi connectivity index (χ0v) is 13.7. The number of hydrogen-bond donors (Lipinski definition) is 3. The van der Waals surface area contributed by atoms with Gasteiger partial charge in [-0.1, -0.05) is 6.92 Å². The lowest BCUT2D eigenvalue weighted by atomic mass is 9.79. The standard InChI is InChI=1S/C14H23BrN4O/c1-3-16-13-17-8-11(15)12(19-13)18-9-14(20)6-4-10(2)5-7-14/h8,10,20H,3-7,9H2,1-2H3,(H2,16,17,18,19). The van der Waals surface area contributed by atoms with E-state index in [1.54, 1.807) is 6.20 Å². The van der Waals surface area contributed by atoms with Gasteiger partial charge in [0.25, 0.3) is 0 Å². The fourth-order valence-electron chi connectivity index (χ4n) is 2.46. The van der Waals surface area contributed by atoms with E-state index in [4.69, 9.17) is 0 Å². The van der Waals surface area contributed by atoms with E-state index in [0.717, 1.165) is 48.4 Å². The van der Waals surface area contributed by atoms with E-state index in [9.17, 15) is 5.11 Å². The van der Waals surface area contributed by atoms with Crippen LogP contribution in [0.15, 0.2) is 10.7 Å². The van der Waals surface area contributed by atoms with Crippen LogP contribution in [0.3, 0.4) is 0 Å². The number of nitrogens with zero attached hydrogens (tertiary/aromatic N) is 2. The lowest BCUT2D eigenvalue weighted by Crippen LogP contribution is -2.40. The van der Waals surface area contributed by atoms with Gasteiger partial charge in [0.05, 0.1) is 10.1 Å². The minimum Gasteiger partial charge on any atom is -0.388 e. The second-order valence-corrected chi connectivity index (χ2v) is 6.54. The summed E-state index contributed by atoms with van der Waals surface area (Å²) in [4.78, 5) is 8.58. The number of aromatic nitrogens is 2. The highest BCUT2D eigenvalue weighted by atomic mass is 79.9. The summed E-state index contributed by atoms with van der Waals surface area (Å²) in [6.45, 7) is 5.56. The number of halogens is 1. The molecule has 5 nitrogen and oxygen atoms in total. The average molecular weight is 343 g/mol. The van der Waals surface area contributed by atoms with Gasteiger partial charge in [-0.15, -0.1) is 0 Å². The molecule has 0 aromatic carbocycles. The van der Waals surface area contributed by atoms with Crippen molar-refractivity contribution in [3.05, 3.63) is 10.7 Å². The first-order valence-corrected chi connectivity index (χ1v) is 8.04. The maximum Gasteiger partial charge on any atom is 0.224 e. The van der Waals surface area contributed by atoms with Gasteiger partial charge in [0.15, 0.2) is 0 Å². The fraction of sp³-hybridized carbons (Fsp3) is 0.714. The third-order valence-corrected chi connectivity index (χ3v) is 4.45. The second kappa shape index (κ2) is 6.72. The monoisotopic (exact) mass is 342 g/mol. The summed E-state index contributed by atoms with van der Waals surface area (Å²) in [5.41, 5.74) is -0.616. The summed E-state index contributed by atoms with van der Waals surface area (Å²) in [5.74, 6) is 2.05. The smallest absolute Gasteiger partial charge is 0.224 e. The van der Waals surface area contributed by atoms with Crippen LogP contribution in [0, 0.1) is 5.92 Å². The van der Waals surface area contributed by atoms with Gasteiger partial charge in [-0.2, -0.15) is 4.98 Å². The minimum absolute atomic E-state index is 0.529. The largest absolute Gasteiger partial charge is 0.388 e. The Morgan fingerprint density at radius 3 is 2.75 bits per heavy atom. The Hall–Kier alpha value is -0.880. The van der Waals surface area contributed by atoms with Gasteiger partial charge in [0.1, 0.15) is 5.82 Å². The summed E-state index contributed by atoms with van der Waals surface area (Å²) < 4.78 is 0.812. The molecular weight excluding hydrogens is 320 g/mol. The van der Waals surface area contributed by atoms with Gasteiger partial charge in [-0.3, -0.25) is 0 Å². The molecule has 0 spiro atoms.